The Bertz CT molecular complexity index is 1040. The number of hydrogen-bond acceptors (Lipinski definition) is 4. The monoisotopic (exact) mass is 436 g/mol. The molecule has 1 aliphatic carbocycles. The summed E-state index contributed by atoms with van der Waals surface area (Å²) in [6.07, 6.45) is 5.74. The van der Waals surface area contributed by atoms with Crippen molar-refractivity contribution >= 4 is 28.4 Å². The van der Waals surface area contributed by atoms with Gasteiger partial charge in [-0.3, -0.25) is 9.48 Å². The van der Waals surface area contributed by atoms with Crippen LogP contribution in [0.5, 0.6) is 5.75 Å². The third-order valence-electron chi connectivity index (χ3n) is 5.51. The lowest BCUT2D eigenvalue weighted by Gasteiger charge is -2.28. The molecular formula is C21H23ClF2N4O2. The summed E-state index contributed by atoms with van der Waals surface area (Å²) in [4.78, 5) is 12.2. The highest BCUT2D eigenvalue weighted by Crippen LogP contribution is 2.33. The predicted molar refractivity (Wildman–Crippen MR) is 111 cm³/mol. The van der Waals surface area contributed by atoms with E-state index >= 15 is 0 Å². The van der Waals surface area contributed by atoms with Crippen LogP contribution in [0.25, 0.3) is 10.9 Å². The van der Waals surface area contributed by atoms with E-state index in [1.807, 2.05) is 29.1 Å². The lowest BCUT2D eigenvalue weighted by Crippen LogP contribution is -2.31. The van der Waals surface area contributed by atoms with Gasteiger partial charge in [-0.15, -0.1) is 0 Å². The summed E-state index contributed by atoms with van der Waals surface area (Å²) in [6, 6.07) is 7.62. The van der Waals surface area contributed by atoms with Gasteiger partial charge in [0.25, 0.3) is 5.91 Å². The molecule has 0 spiro atoms. The number of halogens is 3. The number of phenols is 1. The summed E-state index contributed by atoms with van der Waals surface area (Å²) in [6.45, 7) is 0.437. The average molecular weight is 437 g/mol. The van der Waals surface area contributed by atoms with Gasteiger partial charge in [0.15, 0.2) is 17.4 Å². The maximum Gasteiger partial charge on any atom is 0.251 e. The van der Waals surface area contributed by atoms with Crippen LogP contribution in [0.4, 0.5) is 8.78 Å². The third kappa shape index (κ3) is 4.55. The Kier molecular flexibility index (Phi) is 6.58. The van der Waals surface area contributed by atoms with Gasteiger partial charge in [0.05, 0.1) is 11.6 Å². The minimum atomic E-state index is -1.15. The molecule has 1 aromatic heterocycles. The number of phenolic OH excluding ortho intramolecular Hbond substituents is 1. The zero-order valence-electron chi connectivity index (χ0n) is 16.2. The molecule has 0 aliphatic heterocycles. The maximum atomic E-state index is 13.4. The quantitative estimate of drug-likeness (QED) is 0.535. The van der Waals surface area contributed by atoms with E-state index in [0.717, 1.165) is 48.7 Å². The third-order valence-corrected chi connectivity index (χ3v) is 5.74. The molecule has 4 rings (SSSR count). The molecule has 9 heteroatoms. The molecule has 0 saturated heterocycles. The smallest absolute Gasteiger partial charge is 0.251 e. The molecule has 1 fully saturated rings. The number of fused-ring (bicyclic) bond motifs is 1. The van der Waals surface area contributed by atoms with Gasteiger partial charge in [-0.25, -0.2) is 8.78 Å². The first kappa shape index (κ1) is 22.0. The molecule has 2 aromatic carbocycles. The van der Waals surface area contributed by atoms with Crippen molar-refractivity contribution < 1.29 is 18.7 Å². The topological polar surface area (TPSA) is 102 Å². The molecule has 6 nitrogen and oxygen atoms in total. The molecule has 160 valence electrons. The van der Waals surface area contributed by atoms with E-state index in [1.165, 1.54) is 0 Å². The van der Waals surface area contributed by atoms with Crippen molar-refractivity contribution in [2.45, 2.75) is 31.7 Å². The Morgan fingerprint density at radius 1 is 1.17 bits per heavy atom. The minimum Gasteiger partial charge on any atom is -0.503 e. The average Bonchev–Trinajstić information content (AvgIpc) is 3.13. The molecule has 0 unspecified atom stereocenters. The number of carbonyl (C=O) groups is 1. The van der Waals surface area contributed by atoms with Crippen LogP contribution in [0.15, 0.2) is 36.5 Å². The first-order valence-corrected chi connectivity index (χ1v) is 9.89. The second kappa shape index (κ2) is 8.97. The highest BCUT2D eigenvalue weighted by Gasteiger charge is 2.24. The van der Waals surface area contributed by atoms with Gasteiger partial charge in [-0.05, 0) is 61.9 Å². The highest BCUT2D eigenvalue weighted by atomic mass is 35.5. The van der Waals surface area contributed by atoms with E-state index < -0.39 is 23.3 Å². The summed E-state index contributed by atoms with van der Waals surface area (Å²) >= 11 is 6.02. The molecule has 30 heavy (non-hydrogen) atoms. The molecule has 1 saturated carbocycles. The van der Waals surface area contributed by atoms with Crippen LogP contribution in [0.1, 0.15) is 42.1 Å². The second-order valence-corrected chi connectivity index (χ2v) is 7.92. The van der Waals surface area contributed by atoms with E-state index in [4.69, 9.17) is 16.7 Å². The van der Waals surface area contributed by atoms with Crippen molar-refractivity contribution in [2.75, 3.05) is 6.54 Å². The van der Waals surface area contributed by atoms with Crippen molar-refractivity contribution in [1.29, 1.82) is 0 Å². The Morgan fingerprint density at radius 3 is 2.50 bits per heavy atom. The molecule has 0 radical (unpaired) electrons. The molecule has 1 aliphatic rings. The molecule has 0 bridgehead atoms. The van der Waals surface area contributed by atoms with E-state index in [2.05, 4.69) is 10.4 Å². The van der Waals surface area contributed by atoms with Crippen molar-refractivity contribution in [3.05, 3.63) is 58.7 Å². The molecule has 1 amide bonds. The predicted octanol–water partition coefficient (Wildman–Crippen LogP) is 5.00. The van der Waals surface area contributed by atoms with Crippen LogP contribution in [0.2, 0.25) is 5.02 Å². The minimum absolute atomic E-state index is 0. The van der Waals surface area contributed by atoms with Gasteiger partial charge in [0.1, 0.15) is 0 Å². The number of aromatic nitrogens is 2. The van der Waals surface area contributed by atoms with Gasteiger partial charge in [0, 0.05) is 28.7 Å². The molecule has 3 aromatic rings. The van der Waals surface area contributed by atoms with Crippen molar-refractivity contribution in [3.63, 3.8) is 0 Å². The number of benzene rings is 2. The largest absolute Gasteiger partial charge is 0.503 e. The fraction of sp³-hybridized carbons (Fsp3) is 0.333. The summed E-state index contributed by atoms with van der Waals surface area (Å²) < 4.78 is 28.8. The Balaban J connectivity index is 0.00000256. The highest BCUT2D eigenvalue weighted by molar-refractivity contribution is 6.31. The van der Waals surface area contributed by atoms with Gasteiger partial charge in [-0.1, -0.05) is 11.6 Å². The first-order valence-electron chi connectivity index (χ1n) is 9.51. The SMILES string of the molecule is N.O=C(NCC1CCC(n2cc3ccc(Cl)cc3n2)CC1)c1cc(F)c(O)c(F)c1. The van der Waals surface area contributed by atoms with Gasteiger partial charge in [-0.2, -0.15) is 5.10 Å². The standard InChI is InChI=1S/C21H20ClF2N3O2.H3N/c22-15-4-3-13-11-27(26-19(13)9-15)16-5-1-12(2-6-16)10-25-21(29)14-7-17(23)20(28)18(24)8-14;/h3-4,7-9,11-12,16,28H,1-2,5-6,10H2,(H,25,29);1H3. The zero-order valence-corrected chi connectivity index (χ0v) is 17.0. The summed E-state index contributed by atoms with van der Waals surface area (Å²) in [7, 11) is 0. The van der Waals surface area contributed by atoms with Crippen molar-refractivity contribution in [2.24, 2.45) is 5.92 Å². The Morgan fingerprint density at radius 2 is 1.83 bits per heavy atom. The first-order chi connectivity index (χ1) is 13.9. The van der Waals surface area contributed by atoms with Crippen LogP contribution in [-0.4, -0.2) is 27.3 Å². The van der Waals surface area contributed by atoms with Crippen molar-refractivity contribution in [1.82, 2.24) is 21.2 Å². The molecule has 1 heterocycles. The summed E-state index contributed by atoms with van der Waals surface area (Å²) in [5.74, 6) is -3.64. The van der Waals surface area contributed by atoms with E-state index in [9.17, 15) is 13.6 Å². The van der Waals surface area contributed by atoms with Crippen LogP contribution in [-0.2, 0) is 0 Å². The molecule has 5 N–H and O–H groups in total. The fourth-order valence-electron chi connectivity index (χ4n) is 3.84. The number of rotatable bonds is 4. The molecular weight excluding hydrogens is 414 g/mol. The van der Waals surface area contributed by atoms with E-state index in [1.54, 1.807) is 0 Å². The van der Waals surface area contributed by atoms with Crippen LogP contribution >= 0.6 is 11.6 Å². The van der Waals surface area contributed by atoms with Gasteiger partial charge < -0.3 is 16.6 Å². The number of carbonyl (C=O) groups excluding carboxylic acids is 1. The zero-order chi connectivity index (χ0) is 20.5. The van der Waals surface area contributed by atoms with Gasteiger partial charge in [0.2, 0.25) is 0 Å². The summed E-state index contributed by atoms with van der Waals surface area (Å²) in [5.41, 5.74) is 0.730. The normalized spacial score (nSPS) is 18.8. The van der Waals surface area contributed by atoms with Crippen LogP contribution in [0.3, 0.4) is 0 Å². The Hall–Kier alpha value is -2.71. The second-order valence-electron chi connectivity index (χ2n) is 7.49. The lowest BCUT2D eigenvalue weighted by molar-refractivity contribution is 0.0940. The van der Waals surface area contributed by atoms with Crippen LogP contribution < -0.4 is 11.5 Å². The summed E-state index contributed by atoms with van der Waals surface area (Å²) in [5, 5.41) is 18.2. The van der Waals surface area contributed by atoms with Gasteiger partial charge >= 0.3 is 0 Å². The van der Waals surface area contributed by atoms with Crippen LogP contribution in [0, 0.1) is 17.6 Å². The number of amides is 1. The number of nitrogens with zero attached hydrogens (tertiary/aromatic N) is 2. The fourth-order valence-corrected chi connectivity index (χ4v) is 4.01. The molecule has 0 atom stereocenters. The van der Waals surface area contributed by atoms with E-state index in [0.29, 0.717) is 23.5 Å². The number of aromatic hydroxyl groups is 1. The maximum absolute atomic E-state index is 13.4. The van der Waals surface area contributed by atoms with E-state index in [-0.39, 0.29) is 11.7 Å². The Labute approximate surface area is 177 Å². The number of hydrogen-bond donors (Lipinski definition) is 3. The lowest BCUT2D eigenvalue weighted by atomic mass is 9.86. The number of nitrogens with one attached hydrogen (secondary N) is 1. The van der Waals surface area contributed by atoms with Crippen molar-refractivity contribution in [3.8, 4) is 5.75 Å².